The van der Waals surface area contributed by atoms with Crippen LogP contribution in [0.15, 0.2) is 24.3 Å². The Morgan fingerprint density at radius 3 is 3.14 bits per heavy atom. The van der Waals surface area contributed by atoms with E-state index >= 15 is 0 Å². The summed E-state index contributed by atoms with van der Waals surface area (Å²) in [6, 6.07) is 7.87. The van der Waals surface area contributed by atoms with Crippen molar-refractivity contribution in [1.82, 2.24) is 14.9 Å². The number of fused-ring (bicyclic) bond motifs is 3. The zero-order valence-electron chi connectivity index (χ0n) is 7.53. The van der Waals surface area contributed by atoms with Gasteiger partial charge in [-0.15, -0.1) is 0 Å². The molecule has 0 radical (unpaired) electrons. The SMILES string of the molecule is O=C1Cn2c(nc3ccccc32)CN1. The first-order chi connectivity index (χ1) is 6.84. The van der Waals surface area contributed by atoms with E-state index in [1.807, 2.05) is 28.8 Å². The van der Waals surface area contributed by atoms with Crippen LogP contribution in [0.3, 0.4) is 0 Å². The zero-order valence-corrected chi connectivity index (χ0v) is 7.53. The van der Waals surface area contributed by atoms with Crippen molar-refractivity contribution in [2.24, 2.45) is 0 Å². The number of carbonyl (C=O) groups excluding carboxylic acids is 1. The van der Waals surface area contributed by atoms with E-state index in [-0.39, 0.29) is 5.91 Å². The van der Waals surface area contributed by atoms with Crippen LogP contribution in [0.4, 0.5) is 0 Å². The van der Waals surface area contributed by atoms with Gasteiger partial charge in [-0.25, -0.2) is 4.98 Å². The molecule has 0 saturated carbocycles. The molecule has 2 aromatic rings. The molecule has 4 nitrogen and oxygen atoms in total. The van der Waals surface area contributed by atoms with Gasteiger partial charge in [0.05, 0.1) is 17.6 Å². The predicted octanol–water partition coefficient (Wildman–Crippen LogP) is 0.666. The summed E-state index contributed by atoms with van der Waals surface area (Å²) < 4.78 is 1.97. The van der Waals surface area contributed by atoms with Gasteiger partial charge in [0.1, 0.15) is 12.4 Å². The average molecular weight is 187 g/mol. The van der Waals surface area contributed by atoms with E-state index < -0.39 is 0 Å². The van der Waals surface area contributed by atoms with E-state index in [0.717, 1.165) is 16.9 Å². The molecule has 0 saturated heterocycles. The minimum absolute atomic E-state index is 0.0562. The molecule has 1 amide bonds. The third kappa shape index (κ3) is 0.937. The lowest BCUT2D eigenvalue weighted by atomic mass is 10.3. The van der Waals surface area contributed by atoms with Crippen molar-refractivity contribution in [3.63, 3.8) is 0 Å². The average Bonchev–Trinajstić information content (AvgIpc) is 2.56. The van der Waals surface area contributed by atoms with Crippen LogP contribution in [0.1, 0.15) is 5.82 Å². The maximum absolute atomic E-state index is 11.2. The van der Waals surface area contributed by atoms with E-state index in [4.69, 9.17) is 0 Å². The molecule has 1 aromatic carbocycles. The minimum Gasteiger partial charge on any atom is -0.347 e. The second kappa shape index (κ2) is 2.57. The van der Waals surface area contributed by atoms with Gasteiger partial charge >= 0.3 is 0 Å². The van der Waals surface area contributed by atoms with E-state index in [0.29, 0.717) is 13.1 Å². The third-order valence-corrected chi connectivity index (χ3v) is 2.48. The Balaban J connectivity index is 2.30. The summed E-state index contributed by atoms with van der Waals surface area (Å²) in [5.41, 5.74) is 2.00. The molecular weight excluding hydrogens is 178 g/mol. The van der Waals surface area contributed by atoms with Gasteiger partial charge in [0.15, 0.2) is 0 Å². The van der Waals surface area contributed by atoms with Crippen LogP contribution in [0.2, 0.25) is 0 Å². The van der Waals surface area contributed by atoms with Gasteiger partial charge < -0.3 is 9.88 Å². The van der Waals surface area contributed by atoms with Crippen molar-refractivity contribution < 1.29 is 4.79 Å². The molecule has 0 unspecified atom stereocenters. The monoisotopic (exact) mass is 187 g/mol. The first kappa shape index (κ1) is 7.55. The molecule has 1 aliphatic heterocycles. The summed E-state index contributed by atoms with van der Waals surface area (Å²) in [5, 5.41) is 2.78. The molecule has 3 rings (SSSR count). The topological polar surface area (TPSA) is 46.9 Å². The number of hydrogen-bond donors (Lipinski definition) is 1. The fourth-order valence-electron chi connectivity index (χ4n) is 1.81. The second-order valence-corrected chi connectivity index (χ2v) is 3.38. The smallest absolute Gasteiger partial charge is 0.240 e. The fourth-order valence-corrected chi connectivity index (χ4v) is 1.81. The summed E-state index contributed by atoms with van der Waals surface area (Å²) in [4.78, 5) is 15.6. The van der Waals surface area contributed by atoms with Crippen LogP contribution >= 0.6 is 0 Å². The van der Waals surface area contributed by atoms with Crippen molar-refractivity contribution >= 4 is 16.9 Å². The number of hydrogen-bond acceptors (Lipinski definition) is 2. The summed E-state index contributed by atoms with van der Waals surface area (Å²) >= 11 is 0. The molecule has 0 fully saturated rings. The van der Waals surface area contributed by atoms with E-state index in [2.05, 4.69) is 10.3 Å². The van der Waals surface area contributed by atoms with Gasteiger partial charge in [0.25, 0.3) is 0 Å². The zero-order chi connectivity index (χ0) is 9.54. The van der Waals surface area contributed by atoms with Crippen LogP contribution in [0.25, 0.3) is 11.0 Å². The fraction of sp³-hybridized carbons (Fsp3) is 0.200. The van der Waals surface area contributed by atoms with Crippen molar-refractivity contribution in [3.8, 4) is 0 Å². The number of carbonyl (C=O) groups is 1. The molecule has 14 heavy (non-hydrogen) atoms. The normalized spacial score (nSPS) is 15.3. The Bertz CT molecular complexity index is 515. The van der Waals surface area contributed by atoms with Gasteiger partial charge in [-0.1, -0.05) is 12.1 Å². The molecule has 0 spiro atoms. The number of nitrogens with zero attached hydrogens (tertiary/aromatic N) is 2. The van der Waals surface area contributed by atoms with Crippen molar-refractivity contribution in [3.05, 3.63) is 30.1 Å². The molecule has 0 bridgehead atoms. The summed E-state index contributed by atoms with van der Waals surface area (Å²) in [7, 11) is 0. The highest BCUT2D eigenvalue weighted by Crippen LogP contribution is 2.17. The molecule has 70 valence electrons. The summed E-state index contributed by atoms with van der Waals surface area (Å²) in [6.45, 7) is 0.920. The highest BCUT2D eigenvalue weighted by Gasteiger charge is 2.17. The van der Waals surface area contributed by atoms with Crippen LogP contribution in [0.5, 0.6) is 0 Å². The molecule has 0 aliphatic carbocycles. The largest absolute Gasteiger partial charge is 0.347 e. The predicted molar refractivity (Wildman–Crippen MR) is 51.6 cm³/mol. The molecule has 4 heteroatoms. The van der Waals surface area contributed by atoms with Crippen molar-refractivity contribution in [2.75, 3.05) is 0 Å². The van der Waals surface area contributed by atoms with Gasteiger partial charge in [-0.3, -0.25) is 4.79 Å². The quantitative estimate of drug-likeness (QED) is 0.658. The Labute approximate surface area is 80.6 Å². The van der Waals surface area contributed by atoms with Crippen LogP contribution in [-0.4, -0.2) is 15.5 Å². The number of amides is 1. The van der Waals surface area contributed by atoms with E-state index in [9.17, 15) is 4.79 Å². The maximum Gasteiger partial charge on any atom is 0.240 e. The first-order valence-electron chi connectivity index (χ1n) is 4.55. The number of nitrogens with one attached hydrogen (secondary N) is 1. The number of benzene rings is 1. The first-order valence-corrected chi connectivity index (χ1v) is 4.55. The standard InChI is InChI=1S/C10H9N3O/c14-10-6-13-8-4-2-1-3-7(8)12-9(13)5-11-10/h1-4H,5-6H2,(H,11,14). The Kier molecular flexibility index (Phi) is 1.39. The van der Waals surface area contributed by atoms with Crippen LogP contribution in [0, 0.1) is 0 Å². The van der Waals surface area contributed by atoms with E-state index in [1.165, 1.54) is 0 Å². The van der Waals surface area contributed by atoms with E-state index in [1.54, 1.807) is 0 Å². The molecular formula is C10H9N3O. The van der Waals surface area contributed by atoms with Crippen molar-refractivity contribution in [2.45, 2.75) is 13.1 Å². The van der Waals surface area contributed by atoms with Gasteiger partial charge in [-0.2, -0.15) is 0 Å². The summed E-state index contributed by atoms with van der Waals surface area (Å²) in [5.74, 6) is 0.992. The van der Waals surface area contributed by atoms with Gasteiger partial charge in [-0.05, 0) is 12.1 Å². The number of para-hydroxylation sites is 2. The van der Waals surface area contributed by atoms with Crippen LogP contribution in [-0.2, 0) is 17.9 Å². The Morgan fingerprint density at radius 2 is 2.21 bits per heavy atom. The highest BCUT2D eigenvalue weighted by molar-refractivity contribution is 5.82. The second-order valence-electron chi connectivity index (χ2n) is 3.38. The Hall–Kier alpha value is -1.84. The molecule has 0 atom stereocenters. The summed E-state index contributed by atoms with van der Waals surface area (Å²) in [6.07, 6.45) is 0. The molecule has 1 aliphatic rings. The van der Waals surface area contributed by atoms with Gasteiger partial charge in [0.2, 0.25) is 5.91 Å². The van der Waals surface area contributed by atoms with Crippen molar-refractivity contribution in [1.29, 1.82) is 0 Å². The molecule has 1 N–H and O–H groups in total. The number of rotatable bonds is 0. The lowest BCUT2D eigenvalue weighted by molar-refractivity contribution is -0.122. The van der Waals surface area contributed by atoms with Gasteiger partial charge in [0, 0.05) is 0 Å². The lowest BCUT2D eigenvalue weighted by Gasteiger charge is -2.14. The lowest BCUT2D eigenvalue weighted by Crippen LogP contribution is -2.34. The number of imidazole rings is 1. The highest BCUT2D eigenvalue weighted by atomic mass is 16.2. The maximum atomic E-state index is 11.2. The molecule has 2 heterocycles. The third-order valence-electron chi connectivity index (χ3n) is 2.48. The Morgan fingerprint density at radius 1 is 1.36 bits per heavy atom. The van der Waals surface area contributed by atoms with Crippen LogP contribution < -0.4 is 5.32 Å². The molecule has 1 aromatic heterocycles. The minimum atomic E-state index is 0.0562. The number of aromatic nitrogens is 2.